The van der Waals surface area contributed by atoms with Crippen LogP contribution in [0.15, 0.2) is 47.4 Å². The van der Waals surface area contributed by atoms with Crippen LogP contribution in [0.1, 0.15) is 17.5 Å². The number of nitrogens with one attached hydrogen (secondary N) is 2. The van der Waals surface area contributed by atoms with Crippen molar-refractivity contribution < 1.29 is 17.9 Å². The Morgan fingerprint density at radius 1 is 1.14 bits per heavy atom. The number of benzene rings is 2. The van der Waals surface area contributed by atoms with Gasteiger partial charge in [0, 0.05) is 18.8 Å². The van der Waals surface area contributed by atoms with Crippen LogP contribution in [0.4, 0.5) is 5.69 Å². The molecule has 0 aromatic heterocycles. The number of halogens is 1. The number of sulfonamides is 1. The number of amides is 1. The standard InChI is InChI=1S/C19H25N3O4S.ClH/c1-14-5-3-8-18(15(14)2)26-12-9-19(23)22-16-6-4-7-17(13-16)27(24,25)21-11-10-20;/h3-8,13,21H,9-12,20H2,1-2H3,(H,22,23);1H. The van der Waals surface area contributed by atoms with Gasteiger partial charge in [-0.05, 0) is 49.2 Å². The summed E-state index contributed by atoms with van der Waals surface area (Å²) in [7, 11) is -3.65. The molecule has 4 N–H and O–H groups in total. The van der Waals surface area contributed by atoms with Crippen LogP contribution in [0.3, 0.4) is 0 Å². The Bertz CT molecular complexity index is 904. The van der Waals surface area contributed by atoms with Gasteiger partial charge in [-0.2, -0.15) is 0 Å². The Morgan fingerprint density at radius 2 is 1.86 bits per heavy atom. The van der Waals surface area contributed by atoms with Gasteiger partial charge in [0.2, 0.25) is 15.9 Å². The van der Waals surface area contributed by atoms with Crippen molar-refractivity contribution in [3.8, 4) is 5.75 Å². The van der Waals surface area contributed by atoms with Crippen molar-refractivity contribution in [2.75, 3.05) is 25.0 Å². The lowest BCUT2D eigenvalue weighted by Crippen LogP contribution is -2.29. The SMILES string of the molecule is Cc1cccc(OCCC(=O)Nc2cccc(S(=O)(=O)NCCN)c2)c1C.Cl. The molecule has 2 aromatic rings. The van der Waals surface area contributed by atoms with Crippen LogP contribution in [0.2, 0.25) is 0 Å². The molecule has 2 rings (SSSR count). The smallest absolute Gasteiger partial charge is 0.240 e. The molecule has 0 aliphatic rings. The van der Waals surface area contributed by atoms with Crippen LogP contribution in [0.25, 0.3) is 0 Å². The average Bonchev–Trinajstić information content (AvgIpc) is 2.64. The number of nitrogens with two attached hydrogens (primary N) is 1. The predicted molar refractivity (Wildman–Crippen MR) is 113 cm³/mol. The van der Waals surface area contributed by atoms with Gasteiger partial charge in [0.15, 0.2) is 0 Å². The zero-order valence-corrected chi connectivity index (χ0v) is 17.5. The van der Waals surface area contributed by atoms with Crippen molar-refractivity contribution in [3.05, 3.63) is 53.6 Å². The summed E-state index contributed by atoms with van der Waals surface area (Å²) in [6.07, 6.45) is 0.149. The zero-order valence-electron chi connectivity index (χ0n) is 15.9. The normalized spacial score (nSPS) is 10.8. The first-order valence-electron chi connectivity index (χ1n) is 8.62. The van der Waals surface area contributed by atoms with Crippen molar-refractivity contribution >= 4 is 34.0 Å². The molecule has 0 bridgehead atoms. The lowest BCUT2D eigenvalue weighted by molar-refractivity contribution is -0.116. The maximum atomic E-state index is 12.1. The van der Waals surface area contributed by atoms with Gasteiger partial charge in [0.05, 0.1) is 17.9 Å². The second kappa shape index (κ2) is 11.0. The Morgan fingerprint density at radius 3 is 2.57 bits per heavy atom. The summed E-state index contributed by atoms with van der Waals surface area (Å²) in [5, 5.41) is 2.69. The third-order valence-electron chi connectivity index (χ3n) is 4.01. The fourth-order valence-electron chi connectivity index (χ4n) is 2.38. The minimum atomic E-state index is -3.65. The lowest BCUT2D eigenvalue weighted by atomic mass is 10.1. The first-order valence-corrected chi connectivity index (χ1v) is 10.1. The highest BCUT2D eigenvalue weighted by Gasteiger charge is 2.14. The van der Waals surface area contributed by atoms with Gasteiger partial charge < -0.3 is 15.8 Å². The maximum Gasteiger partial charge on any atom is 0.240 e. The molecule has 0 aliphatic heterocycles. The van der Waals surface area contributed by atoms with E-state index in [9.17, 15) is 13.2 Å². The highest BCUT2D eigenvalue weighted by Crippen LogP contribution is 2.21. The second-order valence-corrected chi connectivity index (χ2v) is 7.83. The van der Waals surface area contributed by atoms with Crippen LogP contribution >= 0.6 is 12.4 Å². The molecule has 0 saturated heterocycles. The van der Waals surface area contributed by atoms with E-state index in [-0.39, 0.29) is 49.3 Å². The zero-order chi connectivity index (χ0) is 19.9. The molecule has 0 aliphatic carbocycles. The van der Waals surface area contributed by atoms with E-state index >= 15 is 0 Å². The average molecular weight is 428 g/mol. The lowest BCUT2D eigenvalue weighted by Gasteiger charge is -2.11. The molecular weight excluding hydrogens is 402 g/mol. The van der Waals surface area contributed by atoms with E-state index in [1.165, 1.54) is 12.1 Å². The molecule has 0 radical (unpaired) electrons. The number of hydrogen-bond donors (Lipinski definition) is 3. The molecule has 9 heteroatoms. The van der Waals surface area contributed by atoms with Crippen LogP contribution in [-0.4, -0.2) is 34.0 Å². The molecule has 0 saturated carbocycles. The predicted octanol–water partition coefficient (Wildman–Crippen LogP) is 2.37. The second-order valence-electron chi connectivity index (χ2n) is 6.06. The van der Waals surface area contributed by atoms with Crippen LogP contribution in [0.5, 0.6) is 5.75 Å². The summed E-state index contributed by atoms with van der Waals surface area (Å²) in [6.45, 7) is 4.55. The third kappa shape index (κ3) is 6.79. The van der Waals surface area contributed by atoms with Gasteiger partial charge in [0.1, 0.15) is 5.75 Å². The molecule has 0 atom stereocenters. The number of aryl methyl sites for hydroxylation is 1. The minimum absolute atomic E-state index is 0. The molecule has 2 aromatic carbocycles. The van der Waals surface area contributed by atoms with E-state index in [0.717, 1.165) is 16.9 Å². The van der Waals surface area contributed by atoms with Crippen LogP contribution in [-0.2, 0) is 14.8 Å². The Labute approximate surface area is 172 Å². The van der Waals surface area contributed by atoms with Crippen molar-refractivity contribution in [3.63, 3.8) is 0 Å². The molecular formula is C19H26ClN3O4S. The number of anilines is 1. The number of carbonyl (C=O) groups excluding carboxylic acids is 1. The van der Waals surface area contributed by atoms with Gasteiger partial charge >= 0.3 is 0 Å². The Hall–Kier alpha value is -2.13. The molecule has 0 unspecified atom stereocenters. The summed E-state index contributed by atoms with van der Waals surface area (Å²) >= 11 is 0. The van der Waals surface area contributed by atoms with Gasteiger partial charge in [-0.15, -0.1) is 12.4 Å². The van der Waals surface area contributed by atoms with Crippen molar-refractivity contribution in [2.45, 2.75) is 25.2 Å². The van der Waals surface area contributed by atoms with E-state index in [0.29, 0.717) is 5.69 Å². The molecule has 1 amide bonds. The summed E-state index contributed by atoms with van der Waals surface area (Å²) < 4.78 is 32.3. The third-order valence-corrected chi connectivity index (χ3v) is 5.46. The first kappa shape index (κ1) is 23.9. The molecule has 28 heavy (non-hydrogen) atoms. The Kier molecular flexibility index (Phi) is 9.40. The van der Waals surface area contributed by atoms with Gasteiger partial charge in [0.25, 0.3) is 0 Å². The van der Waals surface area contributed by atoms with Crippen LogP contribution < -0.4 is 20.5 Å². The highest BCUT2D eigenvalue weighted by atomic mass is 35.5. The summed E-state index contributed by atoms with van der Waals surface area (Å²) in [6, 6.07) is 11.8. The monoisotopic (exact) mass is 427 g/mol. The topological polar surface area (TPSA) is 111 Å². The molecule has 0 spiro atoms. The van der Waals surface area contributed by atoms with E-state index in [4.69, 9.17) is 10.5 Å². The highest BCUT2D eigenvalue weighted by molar-refractivity contribution is 7.89. The van der Waals surface area contributed by atoms with E-state index in [1.807, 2.05) is 32.0 Å². The number of ether oxygens (including phenoxy) is 1. The van der Waals surface area contributed by atoms with Gasteiger partial charge in [-0.1, -0.05) is 18.2 Å². The van der Waals surface area contributed by atoms with Crippen molar-refractivity contribution in [1.29, 1.82) is 0 Å². The van der Waals surface area contributed by atoms with E-state index in [2.05, 4.69) is 10.0 Å². The van der Waals surface area contributed by atoms with Crippen molar-refractivity contribution in [1.82, 2.24) is 4.72 Å². The van der Waals surface area contributed by atoms with Gasteiger partial charge in [-0.3, -0.25) is 4.79 Å². The maximum absolute atomic E-state index is 12.1. The number of rotatable bonds is 9. The summed E-state index contributed by atoms with van der Waals surface area (Å²) in [5.74, 6) is 0.492. The number of hydrogen-bond acceptors (Lipinski definition) is 5. The van der Waals surface area contributed by atoms with E-state index < -0.39 is 10.0 Å². The fraction of sp³-hybridized carbons (Fsp3) is 0.316. The molecule has 0 fully saturated rings. The summed E-state index contributed by atoms with van der Waals surface area (Å²) in [4.78, 5) is 12.2. The molecule has 0 heterocycles. The van der Waals surface area contributed by atoms with Gasteiger partial charge in [-0.25, -0.2) is 13.1 Å². The van der Waals surface area contributed by atoms with Crippen LogP contribution in [0, 0.1) is 13.8 Å². The fourth-order valence-corrected chi connectivity index (χ4v) is 3.47. The quantitative estimate of drug-likeness (QED) is 0.569. The molecule has 7 nitrogen and oxygen atoms in total. The first-order chi connectivity index (χ1) is 12.8. The van der Waals surface area contributed by atoms with E-state index in [1.54, 1.807) is 12.1 Å². The molecule has 154 valence electrons. The largest absolute Gasteiger partial charge is 0.493 e. The Balaban J connectivity index is 0.00000392. The minimum Gasteiger partial charge on any atom is -0.493 e. The number of carbonyl (C=O) groups is 1. The van der Waals surface area contributed by atoms with Crippen molar-refractivity contribution in [2.24, 2.45) is 5.73 Å². The summed E-state index contributed by atoms with van der Waals surface area (Å²) in [5.41, 5.74) is 7.89.